The molecule has 0 aliphatic rings. The van der Waals surface area contributed by atoms with Crippen molar-refractivity contribution >= 4 is 35.1 Å². The first-order chi connectivity index (χ1) is 11.0. The van der Waals surface area contributed by atoms with E-state index in [4.69, 9.17) is 5.26 Å². The molecular formula is C18H18N2OS2. The number of hydrogen-bond acceptors (Lipinski definition) is 4. The average molecular weight is 342 g/mol. The van der Waals surface area contributed by atoms with Gasteiger partial charge in [0.05, 0.1) is 5.75 Å². The van der Waals surface area contributed by atoms with Crippen LogP contribution in [0.4, 0.5) is 5.69 Å². The molecule has 0 radical (unpaired) electrons. The van der Waals surface area contributed by atoms with E-state index in [1.165, 1.54) is 17.3 Å². The summed E-state index contributed by atoms with van der Waals surface area (Å²) in [6.45, 7) is 5.93. The monoisotopic (exact) mass is 342 g/mol. The molecule has 0 unspecified atom stereocenters. The van der Waals surface area contributed by atoms with Gasteiger partial charge in [-0.05, 0) is 67.9 Å². The van der Waals surface area contributed by atoms with Gasteiger partial charge >= 0.3 is 0 Å². The smallest absolute Gasteiger partial charge is 0.234 e. The van der Waals surface area contributed by atoms with Gasteiger partial charge in [-0.3, -0.25) is 4.79 Å². The first-order valence-electron chi connectivity index (χ1n) is 7.16. The molecule has 0 saturated carbocycles. The van der Waals surface area contributed by atoms with E-state index in [0.717, 1.165) is 38.4 Å². The Kier molecular flexibility index (Phi) is 6.14. The molecule has 2 aromatic carbocycles. The van der Waals surface area contributed by atoms with Crippen molar-refractivity contribution in [3.63, 3.8) is 0 Å². The van der Waals surface area contributed by atoms with E-state index in [9.17, 15) is 4.79 Å². The SMILES string of the molecule is Cc1ccc(SCC(=O)Nc2c(C)cc(SC#N)cc2C)cc1. The summed E-state index contributed by atoms with van der Waals surface area (Å²) in [6, 6.07) is 12.0. The summed E-state index contributed by atoms with van der Waals surface area (Å²) in [5.41, 5.74) is 3.98. The predicted molar refractivity (Wildman–Crippen MR) is 97.9 cm³/mol. The molecule has 0 atom stereocenters. The summed E-state index contributed by atoms with van der Waals surface area (Å²) in [5.74, 6) is 0.346. The van der Waals surface area contributed by atoms with Gasteiger partial charge in [-0.1, -0.05) is 17.7 Å². The van der Waals surface area contributed by atoms with Crippen molar-refractivity contribution in [2.45, 2.75) is 30.6 Å². The minimum Gasteiger partial charge on any atom is -0.325 e. The van der Waals surface area contributed by atoms with Crippen LogP contribution in [-0.4, -0.2) is 11.7 Å². The van der Waals surface area contributed by atoms with E-state index in [1.54, 1.807) is 0 Å². The lowest BCUT2D eigenvalue weighted by atomic mass is 10.1. The highest BCUT2D eigenvalue weighted by Crippen LogP contribution is 2.28. The van der Waals surface area contributed by atoms with Crippen LogP contribution in [0.2, 0.25) is 0 Å². The zero-order chi connectivity index (χ0) is 16.8. The Morgan fingerprint density at radius 1 is 1.09 bits per heavy atom. The maximum atomic E-state index is 12.2. The van der Waals surface area contributed by atoms with E-state index in [-0.39, 0.29) is 5.91 Å². The second-order valence-electron chi connectivity index (χ2n) is 5.28. The molecule has 0 aliphatic heterocycles. The molecule has 1 amide bonds. The van der Waals surface area contributed by atoms with Crippen molar-refractivity contribution in [2.24, 2.45) is 0 Å². The third-order valence-corrected chi connectivity index (χ3v) is 4.90. The zero-order valence-electron chi connectivity index (χ0n) is 13.3. The topological polar surface area (TPSA) is 52.9 Å². The number of carbonyl (C=O) groups excluding carboxylic acids is 1. The molecule has 0 spiro atoms. The van der Waals surface area contributed by atoms with Gasteiger partial charge in [0.15, 0.2) is 0 Å². The summed E-state index contributed by atoms with van der Waals surface area (Å²) in [7, 11) is 0. The molecule has 2 rings (SSSR count). The largest absolute Gasteiger partial charge is 0.325 e. The normalized spacial score (nSPS) is 10.2. The molecule has 2 aromatic rings. The van der Waals surface area contributed by atoms with Crippen molar-refractivity contribution in [1.29, 1.82) is 5.26 Å². The average Bonchev–Trinajstić information content (AvgIpc) is 2.51. The van der Waals surface area contributed by atoms with Crippen LogP contribution >= 0.6 is 23.5 Å². The first kappa shape index (κ1) is 17.5. The number of nitrogens with one attached hydrogen (secondary N) is 1. The van der Waals surface area contributed by atoms with Gasteiger partial charge in [-0.25, -0.2) is 0 Å². The second-order valence-corrected chi connectivity index (χ2v) is 7.18. The van der Waals surface area contributed by atoms with Crippen LogP contribution in [0.15, 0.2) is 46.2 Å². The number of carbonyl (C=O) groups is 1. The number of anilines is 1. The van der Waals surface area contributed by atoms with E-state index in [0.29, 0.717) is 5.75 Å². The Bertz CT molecular complexity index is 726. The Balaban J connectivity index is 2.00. The minimum absolute atomic E-state index is 0.0255. The van der Waals surface area contributed by atoms with Gasteiger partial charge in [0, 0.05) is 15.5 Å². The Hall–Kier alpha value is -1.90. The van der Waals surface area contributed by atoms with Gasteiger partial charge < -0.3 is 5.32 Å². The maximum absolute atomic E-state index is 12.2. The summed E-state index contributed by atoms with van der Waals surface area (Å²) < 4.78 is 0. The molecule has 0 saturated heterocycles. The zero-order valence-corrected chi connectivity index (χ0v) is 15.0. The van der Waals surface area contributed by atoms with E-state index < -0.39 is 0 Å². The lowest BCUT2D eigenvalue weighted by molar-refractivity contribution is -0.113. The number of thiocyanates is 1. The fraction of sp³-hybridized carbons (Fsp3) is 0.222. The lowest BCUT2D eigenvalue weighted by Crippen LogP contribution is -2.15. The molecule has 0 aromatic heterocycles. The van der Waals surface area contributed by atoms with Crippen molar-refractivity contribution in [2.75, 3.05) is 11.1 Å². The third-order valence-electron chi connectivity index (χ3n) is 3.33. The predicted octanol–water partition coefficient (Wildman–Crippen LogP) is 4.92. The summed E-state index contributed by atoms with van der Waals surface area (Å²) >= 11 is 2.65. The minimum atomic E-state index is -0.0255. The van der Waals surface area contributed by atoms with Crippen LogP contribution in [-0.2, 0) is 4.79 Å². The van der Waals surface area contributed by atoms with Gasteiger partial charge in [0.1, 0.15) is 5.40 Å². The van der Waals surface area contributed by atoms with Crippen LogP contribution < -0.4 is 5.32 Å². The van der Waals surface area contributed by atoms with Crippen LogP contribution in [0.5, 0.6) is 0 Å². The quantitative estimate of drug-likeness (QED) is 0.619. The van der Waals surface area contributed by atoms with Crippen molar-refractivity contribution < 1.29 is 4.79 Å². The van der Waals surface area contributed by atoms with Crippen molar-refractivity contribution in [3.8, 4) is 5.40 Å². The number of aryl methyl sites for hydroxylation is 3. The number of amides is 1. The first-order valence-corrected chi connectivity index (χ1v) is 8.96. The maximum Gasteiger partial charge on any atom is 0.234 e. The summed E-state index contributed by atoms with van der Waals surface area (Å²) in [6.07, 6.45) is 0. The molecule has 0 fully saturated rings. The van der Waals surface area contributed by atoms with Crippen LogP contribution in [0.3, 0.4) is 0 Å². The number of rotatable bonds is 5. The highest BCUT2D eigenvalue weighted by Gasteiger charge is 2.10. The van der Waals surface area contributed by atoms with E-state index in [1.807, 2.05) is 57.2 Å². The highest BCUT2D eigenvalue weighted by atomic mass is 32.2. The van der Waals surface area contributed by atoms with Gasteiger partial charge in [-0.2, -0.15) is 5.26 Å². The lowest BCUT2D eigenvalue weighted by Gasteiger charge is -2.13. The molecular weight excluding hydrogens is 324 g/mol. The number of nitrogens with zero attached hydrogens (tertiary/aromatic N) is 1. The Labute approximate surface area is 145 Å². The van der Waals surface area contributed by atoms with Crippen LogP contribution in [0, 0.1) is 31.4 Å². The van der Waals surface area contributed by atoms with E-state index in [2.05, 4.69) is 10.7 Å². The molecule has 23 heavy (non-hydrogen) atoms. The Morgan fingerprint density at radius 3 is 2.26 bits per heavy atom. The highest BCUT2D eigenvalue weighted by molar-refractivity contribution is 8.03. The van der Waals surface area contributed by atoms with E-state index >= 15 is 0 Å². The number of hydrogen-bond donors (Lipinski definition) is 1. The van der Waals surface area contributed by atoms with Gasteiger partial charge in [0.2, 0.25) is 5.91 Å². The van der Waals surface area contributed by atoms with Gasteiger partial charge in [-0.15, -0.1) is 11.8 Å². The number of nitriles is 1. The Morgan fingerprint density at radius 2 is 1.70 bits per heavy atom. The van der Waals surface area contributed by atoms with Crippen molar-refractivity contribution in [1.82, 2.24) is 0 Å². The molecule has 0 aliphatic carbocycles. The third kappa shape index (κ3) is 5.05. The van der Waals surface area contributed by atoms with Crippen molar-refractivity contribution in [3.05, 3.63) is 53.1 Å². The molecule has 1 N–H and O–H groups in total. The standard InChI is InChI=1S/C18H18N2OS2/c1-12-4-6-15(7-5-12)22-10-17(21)20-18-13(2)8-16(23-11-19)9-14(18)3/h4-9H,10H2,1-3H3,(H,20,21). The molecule has 3 nitrogen and oxygen atoms in total. The second kappa shape index (κ2) is 8.09. The number of benzene rings is 2. The summed E-state index contributed by atoms with van der Waals surface area (Å²) in [5, 5.41) is 13.8. The van der Waals surface area contributed by atoms with Crippen LogP contribution in [0.1, 0.15) is 16.7 Å². The van der Waals surface area contributed by atoms with Gasteiger partial charge in [0.25, 0.3) is 0 Å². The van der Waals surface area contributed by atoms with Crippen LogP contribution in [0.25, 0.3) is 0 Å². The summed E-state index contributed by atoms with van der Waals surface area (Å²) in [4.78, 5) is 14.2. The fourth-order valence-electron chi connectivity index (χ4n) is 2.19. The molecule has 5 heteroatoms. The molecule has 118 valence electrons. The number of thioether (sulfide) groups is 2. The molecule has 0 bridgehead atoms. The molecule has 0 heterocycles. The fourth-order valence-corrected chi connectivity index (χ4v) is 3.47.